The molecule has 2 rings (SSSR count). The molecule has 19 heavy (non-hydrogen) atoms. The van der Waals surface area contributed by atoms with Crippen LogP contribution in [0.1, 0.15) is 0 Å². The summed E-state index contributed by atoms with van der Waals surface area (Å²) in [7, 11) is 0. The number of carbonyl (C=O) groups excluding carboxylic acids is 1. The molecule has 0 aromatic heterocycles. The summed E-state index contributed by atoms with van der Waals surface area (Å²) in [6.07, 6.45) is -3.70. The van der Waals surface area contributed by atoms with Gasteiger partial charge in [0.2, 0.25) is 5.91 Å². The normalized spacial score (nSPS) is 31.6. The molecule has 1 saturated heterocycles. The lowest BCUT2D eigenvalue weighted by molar-refractivity contribution is -0.224. The Hall–Kier alpha value is -1.37. The van der Waals surface area contributed by atoms with Crippen LogP contribution in [0.25, 0.3) is 0 Å². The second kappa shape index (κ2) is 4.96. The lowest BCUT2D eigenvalue weighted by atomic mass is 9.77. The van der Waals surface area contributed by atoms with E-state index in [0.717, 1.165) is 17.1 Å². The molecule has 0 aromatic carbocycles. The van der Waals surface area contributed by atoms with Crippen molar-refractivity contribution < 1.29 is 22.4 Å². The first-order chi connectivity index (χ1) is 8.89. The average Bonchev–Trinajstić information content (AvgIpc) is 2.38. The van der Waals surface area contributed by atoms with Crippen molar-refractivity contribution in [2.24, 2.45) is 5.41 Å². The fourth-order valence-corrected chi connectivity index (χ4v) is 2.30. The summed E-state index contributed by atoms with van der Waals surface area (Å²) in [4.78, 5) is 13.3. The smallest absolute Gasteiger partial charge is 0.339 e. The third kappa shape index (κ3) is 2.27. The van der Waals surface area contributed by atoms with E-state index < -0.39 is 23.7 Å². The maximum absolute atomic E-state index is 13.9. The van der Waals surface area contributed by atoms with Crippen LogP contribution >= 0.6 is 0 Å². The van der Waals surface area contributed by atoms with Crippen LogP contribution in [0, 0.1) is 5.41 Å². The minimum Gasteiger partial charge on any atom is -0.339 e. The van der Waals surface area contributed by atoms with Gasteiger partial charge in [0, 0.05) is 26.2 Å². The summed E-state index contributed by atoms with van der Waals surface area (Å²) in [5, 5.41) is 2.93. The van der Waals surface area contributed by atoms with Gasteiger partial charge < -0.3 is 10.2 Å². The van der Waals surface area contributed by atoms with Gasteiger partial charge in [-0.15, -0.1) is 0 Å². The van der Waals surface area contributed by atoms with Gasteiger partial charge in [-0.25, -0.2) is 4.39 Å². The number of allylic oxidation sites excluding steroid dienone is 3. The van der Waals surface area contributed by atoms with Crippen LogP contribution in [0.5, 0.6) is 0 Å². The van der Waals surface area contributed by atoms with Gasteiger partial charge in [0.05, 0.1) is 0 Å². The third-order valence-corrected chi connectivity index (χ3v) is 3.41. The first kappa shape index (κ1) is 14.0. The molecule has 1 amide bonds. The Morgan fingerprint density at radius 2 is 1.89 bits per heavy atom. The number of nitrogens with one attached hydrogen (secondary N) is 1. The molecule has 3 nitrogen and oxygen atoms in total. The van der Waals surface area contributed by atoms with Gasteiger partial charge >= 0.3 is 6.18 Å². The highest BCUT2D eigenvalue weighted by molar-refractivity contribution is 5.87. The molecule has 1 aliphatic carbocycles. The minimum absolute atomic E-state index is 0.154. The van der Waals surface area contributed by atoms with Gasteiger partial charge in [-0.1, -0.05) is 18.2 Å². The highest BCUT2D eigenvalue weighted by Crippen LogP contribution is 2.47. The average molecular weight is 278 g/mol. The molecule has 1 aliphatic heterocycles. The first-order valence-corrected chi connectivity index (χ1v) is 5.96. The number of piperazine rings is 1. The maximum atomic E-state index is 13.9. The lowest BCUT2D eigenvalue weighted by Crippen LogP contribution is -2.59. The fraction of sp³-hybridized carbons (Fsp3) is 0.583. The van der Waals surface area contributed by atoms with E-state index >= 15 is 0 Å². The fourth-order valence-electron chi connectivity index (χ4n) is 2.30. The lowest BCUT2D eigenvalue weighted by Gasteiger charge is -2.40. The predicted molar refractivity (Wildman–Crippen MR) is 61.1 cm³/mol. The number of carbonyl (C=O) groups is 1. The topological polar surface area (TPSA) is 32.3 Å². The number of alkyl halides is 4. The zero-order valence-electron chi connectivity index (χ0n) is 10.1. The number of nitrogens with zero attached hydrogens (tertiary/aromatic N) is 1. The molecule has 1 heterocycles. The van der Waals surface area contributed by atoms with Crippen molar-refractivity contribution in [3.8, 4) is 0 Å². The van der Waals surface area contributed by atoms with Gasteiger partial charge in [-0.2, -0.15) is 13.2 Å². The number of hydrogen-bond donors (Lipinski definition) is 1. The molecule has 1 fully saturated rings. The first-order valence-electron chi connectivity index (χ1n) is 5.96. The van der Waals surface area contributed by atoms with Crippen LogP contribution in [0.15, 0.2) is 24.3 Å². The Morgan fingerprint density at radius 1 is 1.26 bits per heavy atom. The van der Waals surface area contributed by atoms with E-state index in [4.69, 9.17) is 0 Å². The molecule has 2 atom stereocenters. The summed E-state index contributed by atoms with van der Waals surface area (Å²) < 4.78 is 53.7. The van der Waals surface area contributed by atoms with Crippen LogP contribution in [-0.4, -0.2) is 49.3 Å². The van der Waals surface area contributed by atoms with Crippen molar-refractivity contribution in [3.05, 3.63) is 24.3 Å². The molecule has 2 aliphatic rings. The minimum atomic E-state index is -4.96. The maximum Gasteiger partial charge on any atom is 0.409 e. The third-order valence-electron chi connectivity index (χ3n) is 3.41. The van der Waals surface area contributed by atoms with E-state index in [1.165, 1.54) is 6.08 Å². The molecule has 7 heteroatoms. The molecule has 0 saturated carbocycles. The van der Waals surface area contributed by atoms with Crippen LogP contribution in [0.4, 0.5) is 17.6 Å². The van der Waals surface area contributed by atoms with Gasteiger partial charge in [-0.3, -0.25) is 4.79 Å². The van der Waals surface area contributed by atoms with Crippen molar-refractivity contribution in [2.45, 2.75) is 12.3 Å². The number of amides is 1. The quantitative estimate of drug-likeness (QED) is 0.736. The van der Waals surface area contributed by atoms with Gasteiger partial charge in [0.25, 0.3) is 0 Å². The molecule has 2 unspecified atom stereocenters. The summed E-state index contributed by atoms with van der Waals surface area (Å²) in [6.45, 7) is 1.13. The SMILES string of the molecule is O=C(N1CCNCC1)C1(C(F)(F)F)C=CC=CC1F. The van der Waals surface area contributed by atoms with Crippen LogP contribution in [-0.2, 0) is 4.79 Å². The van der Waals surface area contributed by atoms with Crippen LogP contribution in [0.2, 0.25) is 0 Å². The van der Waals surface area contributed by atoms with E-state index in [9.17, 15) is 22.4 Å². The monoisotopic (exact) mass is 278 g/mol. The second-order valence-electron chi connectivity index (χ2n) is 4.55. The van der Waals surface area contributed by atoms with Crippen LogP contribution < -0.4 is 5.32 Å². The molecule has 1 N–H and O–H groups in total. The van der Waals surface area contributed by atoms with Crippen molar-refractivity contribution in [1.82, 2.24) is 10.2 Å². The molecule has 106 valence electrons. The molecule has 0 aromatic rings. The van der Waals surface area contributed by atoms with E-state index in [1.807, 2.05) is 0 Å². The summed E-state index contributed by atoms with van der Waals surface area (Å²) in [5.41, 5.74) is -3.08. The Morgan fingerprint density at radius 3 is 2.42 bits per heavy atom. The molecular weight excluding hydrogens is 264 g/mol. The number of halogens is 4. The van der Waals surface area contributed by atoms with Crippen molar-refractivity contribution in [1.29, 1.82) is 0 Å². The predicted octanol–water partition coefficient (Wildman–Crippen LogP) is 1.43. The van der Waals surface area contributed by atoms with Crippen molar-refractivity contribution in [3.63, 3.8) is 0 Å². The van der Waals surface area contributed by atoms with E-state index in [1.54, 1.807) is 0 Å². The Balaban J connectivity index is 2.35. The Labute approximate surface area is 107 Å². The molecular formula is C12H14F4N2O. The van der Waals surface area contributed by atoms with E-state index in [0.29, 0.717) is 19.2 Å². The highest BCUT2D eigenvalue weighted by Gasteiger charge is 2.64. The largest absolute Gasteiger partial charge is 0.409 e. The molecule has 0 bridgehead atoms. The zero-order chi connectivity index (χ0) is 14.1. The van der Waals surface area contributed by atoms with Crippen molar-refractivity contribution in [2.75, 3.05) is 26.2 Å². The zero-order valence-corrected chi connectivity index (χ0v) is 10.1. The number of hydrogen-bond acceptors (Lipinski definition) is 2. The van der Waals surface area contributed by atoms with E-state index in [-0.39, 0.29) is 13.1 Å². The Bertz CT molecular complexity index is 412. The standard InChI is InChI=1S/C12H14F4N2O/c13-9-3-1-2-4-11(9,12(14,15)16)10(19)18-7-5-17-6-8-18/h1-4,9,17H,5-8H2. The van der Waals surface area contributed by atoms with Gasteiger partial charge in [0.15, 0.2) is 5.41 Å². The highest BCUT2D eigenvalue weighted by atomic mass is 19.4. The summed E-state index contributed by atoms with van der Waals surface area (Å²) in [5.74, 6) is -1.21. The van der Waals surface area contributed by atoms with Crippen molar-refractivity contribution >= 4 is 5.91 Å². The summed E-state index contributed by atoms with van der Waals surface area (Å²) >= 11 is 0. The van der Waals surface area contributed by atoms with Crippen LogP contribution in [0.3, 0.4) is 0 Å². The number of rotatable bonds is 1. The summed E-state index contributed by atoms with van der Waals surface area (Å²) in [6, 6.07) is 0. The van der Waals surface area contributed by atoms with E-state index in [2.05, 4.69) is 5.32 Å². The van der Waals surface area contributed by atoms with Gasteiger partial charge in [-0.05, 0) is 6.08 Å². The second-order valence-corrected chi connectivity index (χ2v) is 4.55. The molecule has 0 spiro atoms. The van der Waals surface area contributed by atoms with Gasteiger partial charge in [0.1, 0.15) is 6.17 Å². The Kier molecular flexibility index (Phi) is 3.66. The molecule has 0 radical (unpaired) electrons.